The Hall–Kier alpha value is -6.39. The molecule has 1 atom stereocenters. The molecule has 4 aromatic rings. The lowest BCUT2D eigenvalue weighted by molar-refractivity contribution is -0.387. The molecule has 0 spiro atoms. The highest BCUT2D eigenvalue weighted by Gasteiger charge is 2.31. The topological polar surface area (TPSA) is 235 Å². The normalized spacial score (nSPS) is 11.7. The fraction of sp³-hybridized carbons (Fsp3) is 0.182. The van der Waals surface area contributed by atoms with Crippen LogP contribution in [0.2, 0.25) is 0 Å². The molecule has 1 unspecified atom stereocenters. The van der Waals surface area contributed by atoms with Crippen LogP contribution in [0.4, 0.5) is 11.4 Å². The van der Waals surface area contributed by atoms with E-state index in [4.69, 9.17) is 14.2 Å². The minimum Gasteiger partial charge on any atom is -0.493 e. The summed E-state index contributed by atoms with van der Waals surface area (Å²) in [6.45, 7) is 4.05. The van der Waals surface area contributed by atoms with Crippen molar-refractivity contribution in [3.8, 4) is 17.2 Å². The highest BCUT2D eigenvalue weighted by molar-refractivity contribution is 6.06. The van der Waals surface area contributed by atoms with Crippen LogP contribution in [-0.4, -0.2) is 56.4 Å². The number of carboxylic acids is 2. The first-order valence-corrected chi connectivity index (χ1v) is 14.2. The minimum absolute atomic E-state index is 0.00669. The Morgan fingerprint density at radius 1 is 0.714 bits per heavy atom. The fourth-order valence-corrected chi connectivity index (χ4v) is 4.64. The van der Waals surface area contributed by atoms with Crippen LogP contribution in [0, 0.1) is 25.6 Å². The highest BCUT2D eigenvalue weighted by Crippen LogP contribution is 2.36. The zero-order valence-corrected chi connectivity index (χ0v) is 25.8. The lowest BCUT2D eigenvalue weighted by Crippen LogP contribution is -2.28. The number of carboxylic acid groups (broad SMARTS) is 2. The number of esters is 1. The molecule has 0 saturated heterocycles. The van der Waals surface area contributed by atoms with Crippen molar-refractivity contribution < 1.29 is 58.8 Å². The molecule has 0 bridgehead atoms. The monoisotopic (exact) mass is 676 g/mol. The molecule has 0 aliphatic heterocycles. The molecule has 0 saturated carbocycles. The molecular weight excluding hydrogens is 648 g/mol. The van der Waals surface area contributed by atoms with Crippen LogP contribution in [0.1, 0.15) is 62.2 Å². The summed E-state index contributed by atoms with van der Waals surface area (Å²) in [4.78, 5) is 61.8. The van der Waals surface area contributed by atoms with Crippen molar-refractivity contribution in [1.29, 1.82) is 0 Å². The summed E-state index contributed by atoms with van der Waals surface area (Å²) in [5.74, 6) is -3.40. The first kappa shape index (κ1) is 35.5. The quantitative estimate of drug-likeness (QED) is 0.0419. The molecule has 0 aliphatic carbocycles. The third-order valence-corrected chi connectivity index (χ3v) is 7.03. The van der Waals surface area contributed by atoms with Crippen molar-refractivity contribution in [2.75, 3.05) is 13.2 Å². The smallest absolute Gasteiger partial charge is 0.351 e. The number of hydrogen-bond donors (Lipinski definition) is 3. The Morgan fingerprint density at radius 3 is 1.67 bits per heavy atom. The van der Waals surface area contributed by atoms with Gasteiger partial charge in [0.15, 0.2) is 11.7 Å². The van der Waals surface area contributed by atoms with Gasteiger partial charge in [-0.3, -0.25) is 25.5 Å². The Bertz CT molecular complexity index is 1820. The minimum atomic E-state index is -1.53. The molecule has 0 radical (unpaired) electrons. The van der Waals surface area contributed by atoms with Gasteiger partial charge < -0.3 is 24.4 Å². The fourth-order valence-electron chi connectivity index (χ4n) is 4.64. The first-order chi connectivity index (χ1) is 23.2. The van der Waals surface area contributed by atoms with Crippen LogP contribution < -0.4 is 14.2 Å². The van der Waals surface area contributed by atoms with Crippen LogP contribution in [0.25, 0.3) is 0 Å². The van der Waals surface area contributed by atoms with E-state index in [1.54, 1.807) is 0 Å². The van der Waals surface area contributed by atoms with Crippen LogP contribution >= 0.6 is 0 Å². The molecule has 49 heavy (non-hydrogen) atoms. The summed E-state index contributed by atoms with van der Waals surface area (Å²) in [6.07, 6.45) is -1.47. The van der Waals surface area contributed by atoms with E-state index in [1.165, 1.54) is 60.7 Å². The van der Waals surface area contributed by atoms with Crippen molar-refractivity contribution in [2.45, 2.75) is 20.0 Å². The zero-order chi connectivity index (χ0) is 35.9. The number of ether oxygens (including phenoxy) is 3. The second-order valence-electron chi connectivity index (χ2n) is 11.2. The predicted octanol–water partition coefficient (Wildman–Crippen LogP) is 6.18. The lowest BCUT2D eigenvalue weighted by atomic mass is 9.94. The molecule has 0 heterocycles. The average Bonchev–Trinajstić information content (AvgIpc) is 3.07. The van der Waals surface area contributed by atoms with Crippen molar-refractivity contribution in [3.05, 3.63) is 133 Å². The summed E-state index contributed by atoms with van der Waals surface area (Å²) in [6, 6.07) is 18.4. The predicted molar refractivity (Wildman–Crippen MR) is 168 cm³/mol. The van der Waals surface area contributed by atoms with E-state index in [1.807, 2.05) is 13.8 Å². The van der Waals surface area contributed by atoms with Crippen molar-refractivity contribution in [3.63, 3.8) is 0 Å². The van der Waals surface area contributed by atoms with Gasteiger partial charge in [0.2, 0.25) is 0 Å². The molecule has 16 nitrogen and oxygen atoms in total. The Balaban J connectivity index is 1.37. The standard InChI is InChI=1S/C33H28N2O14/c1-33(2,17-46-20-11-9-19(10-12-20)29(49-45)27-23(30(36)37)5-3-7-25(27)34(41)42)18-47-21-13-15-22(16-14-21)48-32(40)28-24(31(38)39)6-4-8-26(28)35(43)44/h3-16,29,45H,17-18H2,1-2H3,(H,36,37)(H,38,39). The van der Waals surface area contributed by atoms with Gasteiger partial charge in [-0.05, 0) is 54.1 Å². The number of carbonyl (C=O) groups is 3. The molecule has 16 heteroatoms. The lowest BCUT2D eigenvalue weighted by Gasteiger charge is -2.25. The van der Waals surface area contributed by atoms with Gasteiger partial charge in [0.25, 0.3) is 11.4 Å². The van der Waals surface area contributed by atoms with Gasteiger partial charge in [0.05, 0.1) is 39.8 Å². The molecule has 4 rings (SSSR count). The molecule has 3 N–H and O–H groups in total. The molecule has 254 valence electrons. The molecule has 4 aromatic carbocycles. The summed E-state index contributed by atoms with van der Waals surface area (Å²) >= 11 is 0. The van der Waals surface area contributed by atoms with E-state index in [-0.39, 0.29) is 30.1 Å². The van der Waals surface area contributed by atoms with E-state index >= 15 is 0 Å². The van der Waals surface area contributed by atoms with Gasteiger partial charge in [0.1, 0.15) is 17.2 Å². The first-order valence-electron chi connectivity index (χ1n) is 14.2. The SMILES string of the molecule is CC(C)(COc1ccc(OC(=O)c2c(C(=O)O)cccc2[N+](=O)[O-])cc1)COc1ccc(C(OO)c2c(C(=O)O)cccc2[N+](=O)[O-])cc1. The van der Waals surface area contributed by atoms with E-state index in [9.17, 15) is 50.1 Å². The van der Waals surface area contributed by atoms with Gasteiger partial charge >= 0.3 is 17.9 Å². The van der Waals surface area contributed by atoms with Crippen molar-refractivity contribution in [2.24, 2.45) is 5.41 Å². The van der Waals surface area contributed by atoms with Gasteiger partial charge in [-0.15, -0.1) is 0 Å². The van der Waals surface area contributed by atoms with Crippen LogP contribution in [0.3, 0.4) is 0 Å². The van der Waals surface area contributed by atoms with E-state index in [0.717, 1.165) is 24.3 Å². The molecule has 0 aromatic heterocycles. The Labute approximate surface area is 276 Å². The molecule has 0 amide bonds. The number of hydrogen-bond acceptors (Lipinski definition) is 12. The maximum atomic E-state index is 12.7. The number of rotatable bonds is 15. The summed E-state index contributed by atoms with van der Waals surface area (Å²) in [5, 5.41) is 51.5. The van der Waals surface area contributed by atoms with Crippen molar-refractivity contribution >= 4 is 29.3 Å². The van der Waals surface area contributed by atoms with E-state index in [2.05, 4.69) is 4.89 Å². The summed E-state index contributed by atoms with van der Waals surface area (Å²) in [5.41, 5.74) is -3.56. The molecule has 0 fully saturated rings. The largest absolute Gasteiger partial charge is 0.493 e. The number of nitro benzene ring substituents is 2. The van der Waals surface area contributed by atoms with Gasteiger partial charge in [-0.25, -0.2) is 19.3 Å². The number of aromatic carboxylic acids is 2. The van der Waals surface area contributed by atoms with Gasteiger partial charge in [0, 0.05) is 17.5 Å². The van der Waals surface area contributed by atoms with Gasteiger partial charge in [-0.1, -0.05) is 38.1 Å². The van der Waals surface area contributed by atoms with Gasteiger partial charge in [-0.2, -0.15) is 0 Å². The highest BCUT2D eigenvalue weighted by atomic mass is 17.1. The van der Waals surface area contributed by atoms with Crippen LogP contribution in [0.15, 0.2) is 84.9 Å². The maximum Gasteiger partial charge on any atom is 0.351 e. The van der Waals surface area contributed by atoms with E-state index in [0.29, 0.717) is 11.5 Å². The molecular formula is C33H28N2O14. The second kappa shape index (κ2) is 15.0. The zero-order valence-electron chi connectivity index (χ0n) is 25.8. The van der Waals surface area contributed by atoms with Crippen LogP contribution in [0.5, 0.6) is 17.2 Å². The Morgan fingerprint density at radius 2 is 1.18 bits per heavy atom. The number of nitrogens with zero attached hydrogens (tertiary/aromatic N) is 2. The number of nitro groups is 2. The maximum absolute atomic E-state index is 12.7. The Kier molecular flexibility index (Phi) is 10.9. The van der Waals surface area contributed by atoms with Crippen molar-refractivity contribution in [1.82, 2.24) is 0 Å². The average molecular weight is 677 g/mol. The molecule has 0 aliphatic rings. The summed E-state index contributed by atoms with van der Waals surface area (Å²) < 4.78 is 16.9. The third-order valence-electron chi connectivity index (χ3n) is 7.03. The number of benzene rings is 4. The summed E-state index contributed by atoms with van der Waals surface area (Å²) in [7, 11) is 0. The third kappa shape index (κ3) is 8.51. The second-order valence-corrected chi connectivity index (χ2v) is 11.2. The van der Waals surface area contributed by atoms with E-state index < -0.39 is 67.3 Å². The number of carbonyl (C=O) groups excluding carboxylic acids is 1. The van der Waals surface area contributed by atoms with Crippen LogP contribution in [-0.2, 0) is 4.89 Å².